The zero-order valence-corrected chi connectivity index (χ0v) is 11.6. The molecule has 2 rings (SSSR count). The molecule has 21 heavy (non-hydrogen) atoms. The van der Waals surface area contributed by atoms with Crippen LogP contribution in [0.4, 0.5) is 4.39 Å². The lowest BCUT2D eigenvalue weighted by molar-refractivity contribution is -0.139. The minimum atomic E-state index is -0.736. The minimum absolute atomic E-state index is 0.164. The van der Waals surface area contributed by atoms with E-state index >= 15 is 0 Å². The summed E-state index contributed by atoms with van der Waals surface area (Å²) in [5.41, 5.74) is 0.710. The van der Waals surface area contributed by atoms with Gasteiger partial charge in [-0.25, -0.2) is 4.39 Å². The Balaban J connectivity index is 1.64. The fraction of sp³-hybridized carbons (Fsp3) is 0.467. The van der Waals surface area contributed by atoms with Gasteiger partial charge in [-0.3, -0.25) is 9.59 Å². The largest absolute Gasteiger partial charge is 0.393 e. The van der Waals surface area contributed by atoms with Gasteiger partial charge >= 0.3 is 11.8 Å². The van der Waals surface area contributed by atoms with Crippen LogP contribution in [0.2, 0.25) is 0 Å². The van der Waals surface area contributed by atoms with Crippen molar-refractivity contribution in [2.24, 2.45) is 5.92 Å². The molecular weight excluding hydrogens is 275 g/mol. The van der Waals surface area contributed by atoms with Crippen molar-refractivity contribution in [2.45, 2.75) is 31.9 Å². The van der Waals surface area contributed by atoms with Crippen LogP contribution in [0.15, 0.2) is 24.3 Å². The molecule has 0 radical (unpaired) electrons. The topological polar surface area (TPSA) is 78.4 Å². The maximum absolute atomic E-state index is 12.7. The standard InChI is InChI=1S/C15H19FN2O3/c16-12-5-1-10(2-6-12)9-18-15(21)14(20)17-8-7-13(19)11-3-4-11/h1-2,5-6,11,13,19H,3-4,7-9H2,(H,17,20)(H,18,21)/t13-/m0/s1. The molecule has 114 valence electrons. The van der Waals surface area contributed by atoms with Gasteiger partial charge in [-0.1, -0.05) is 12.1 Å². The van der Waals surface area contributed by atoms with Gasteiger partial charge in [0.15, 0.2) is 0 Å². The third-order valence-corrected chi connectivity index (χ3v) is 3.46. The Morgan fingerprint density at radius 3 is 2.43 bits per heavy atom. The molecule has 0 aromatic heterocycles. The molecule has 1 aliphatic rings. The van der Waals surface area contributed by atoms with Crippen molar-refractivity contribution in [1.82, 2.24) is 10.6 Å². The fourth-order valence-corrected chi connectivity index (χ4v) is 2.00. The molecule has 1 fully saturated rings. The van der Waals surface area contributed by atoms with Crippen molar-refractivity contribution in [3.63, 3.8) is 0 Å². The first-order chi connectivity index (χ1) is 10.1. The quantitative estimate of drug-likeness (QED) is 0.676. The Morgan fingerprint density at radius 2 is 1.81 bits per heavy atom. The maximum Gasteiger partial charge on any atom is 0.309 e. The van der Waals surface area contributed by atoms with Crippen LogP contribution < -0.4 is 10.6 Å². The smallest absolute Gasteiger partial charge is 0.309 e. The average Bonchev–Trinajstić information content (AvgIpc) is 3.30. The fourth-order valence-electron chi connectivity index (χ4n) is 2.00. The lowest BCUT2D eigenvalue weighted by Gasteiger charge is -2.10. The van der Waals surface area contributed by atoms with E-state index in [-0.39, 0.29) is 18.9 Å². The summed E-state index contributed by atoms with van der Waals surface area (Å²) >= 11 is 0. The normalized spacial score (nSPS) is 15.3. The molecule has 1 aliphatic carbocycles. The molecule has 1 aromatic carbocycles. The number of amides is 2. The number of aliphatic hydroxyl groups is 1. The lowest BCUT2D eigenvalue weighted by Crippen LogP contribution is -2.40. The highest BCUT2D eigenvalue weighted by atomic mass is 19.1. The van der Waals surface area contributed by atoms with Crippen LogP contribution in [0.25, 0.3) is 0 Å². The SMILES string of the molecule is O=C(NCC[C@H](O)C1CC1)C(=O)NCc1ccc(F)cc1. The Labute approximate surface area is 122 Å². The van der Waals surface area contributed by atoms with Crippen LogP contribution in [0.3, 0.4) is 0 Å². The van der Waals surface area contributed by atoms with E-state index in [2.05, 4.69) is 10.6 Å². The van der Waals surface area contributed by atoms with Crippen LogP contribution in [-0.2, 0) is 16.1 Å². The molecule has 6 heteroatoms. The van der Waals surface area contributed by atoms with Crippen molar-refractivity contribution in [1.29, 1.82) is 0 Å². The van der Waals surface area contributed by atoms with Gasteiger partial charge in [-0.05, 0) is 42.9 Å². The molecule has 5 nitrogen and oxygen atoms in total. The second-order valence-corrected chi connectivity index (χ2v) is 5.26. The van der Waals surface area contributed by atoms with Gasteiger partial charge in [0.1, 0.15) is 5.82 Å². The number of rotatable bonds is 6. The molecule has 0 spiro atoms. The van der Waals surface area contributed by atoms with Gasteiger partial charge in [0, 0.05) is 13.1 Å². The van der Waals surface area contributed by atoms with Crippen molar-refractivity contribution in [3.8, 4) is 0 Å². The van der Waals surface area contributed by atoms with Crippen LogP contribution in [0, 0.1) is 11.7 Å². The summed E-state index contributed by atoms with van der Waals surface area (Å²) in [5.74, 6) is -1.45. The Morgan fingerprint density at radius 1 is 1.19 bits per heavy atom. The molecular formula is C15H19FN2O3. The summed E-state index contributed by atoms with van der Waals surface area (Å²) in [5, 5.41) is 14.6. The Kier molecular flexibility index (Phi) is 5.27. The van der Waals surface area contributed by atoms with E-state index in [4.69, 9.17) is 0 Å². The molecule has 0 aliphatic heterocycles. The molecule has 0 heterocycles. The van der Waals surface area contributed by atoms with E-state index in [1.54, 1.807) is 12.1 Å². The Bertz CT molecular complexity index is 500. The summed E-state index contributed by atoms with van der Waals surface area (Å²) < 4.78 is 12.7. The maximum atomic E-state index is 12.7. The van der Waals surface area contributed by atoms with E-state index in [1.807, 2.05) is 0 Å². The predicted molar refractivity (Wildman–Crippen MR) is 74.6 cm³/mol. The number of aliphatic hydroxyl groups excluding tert-OH is 1. The zero-order chi connectivity index (χ0) is 15.2. The molecule has 0 unspecified atom stereocenters. The van der Waals surface area contributed by atoms with Crippen LogP contribution >= 0.6 is 0 Å². The molecule has 0 saturated heterocycles. The van der Waals surface area contributed by atoms with Gasteiger partial charge in [0.2, 0.25) is 0 Å². The summed E-state index contributed by atoms with van der Waals surface area (Å²) in [6, 6.07) is 5.67. The van der Waals surface area contributed by atoms with Gasteiger partial charge in [-0.15, -0.1) is 0 Å². The highest BCUT2D eigenvalue weighted by Crippen LogP contribution is 2.33. The summed E-state index contributed by atoms with van der Waals surface area (Å²) in [4.78, 5) is 23.1. The van der Waals surface area contributed by atoms with E-state index in [1.165, 1.54) is 12.1 Å². The zero-order valence-electron chi connectivity index (χ0n) is 11.6. The van der Waals surface area contributed by atoms with Gasteiger partial charge in [0.05, 0.1) is 6.10 Å². The second kappa shape index (κ2) is 7.17. The van der Waals surface area contributed by atoms with E-state index < -0.39 is 17.9 Å². The van der Waals surface area contributed by atoms with Crippen molar-refractivity contribution < 1.29 is 19.1 Å². The third kappa shape index (κ3) is 5.15. The van der Waals surface area contributed by atoms with E-state index in [0.29, 0.717) is 17.9 Å². The van der Waals surface area contributed by atoms with Crippen molar-refractivity contribution in [2.75, 3.05) is 6.54 Å². The summed E-state index contributed by atoms with van der Waals surface area (Å²) in [6.45, 7) is 0.442. The minimum Gasteiger partial charge on any atom is -0.393 e. The molecule has 1 aromatic rings. The number of nitrogens with one attached hydrogen (secondary N) is 2. The summed E-state index contributed by atoms with van der Waals surface area (Å²) in [6.07, 6.45) is 2.13. The second-order valence-electron chi connectivity index (χ2n) is 5.26. The number of halogens is 1. The van der Waals surface area contributed by atoms with E-state index in [9.17, 15) is 19.1 Å². The average molecular weight is 294 g/mol. The van der Waals surface area contributed by atoms with E-state index in [0.717, 1.165) is 12.8 Å². The van der Waals surface area contributed by atoms with Gasteiger partial charge < -0.3 is 15.7 Å². The highest BCUT2D eigenvalue weighted by molar-refractivity contribution is 6.35. The number of hydrogen-bond acceptors (Lipinski definition) is 3. The first-order valence-electron chi connectivity index (χ1n) is 7.05. The van der Waals surface area contributed by atoms with Crippen LogP contribution in [-0.4, -0.2) is 29.6 Å². The predicted octanol–water partition coefficient (Wildman–Crippen LogP) is 0.719. The van der Waals surface area contributed by atoms with Crippen LogP contribution in [0.5, 0.6) is 0 Å². The summed E-state index contributed by atoms with van der Waals surface area (Å²) in [7, 11) is 0. The van der Waals surface area contributed by atoms with Crippen LogP contribution in [0.1, 0.15) is 24.8 Å². The Hall–Kier alpha value is -1.95. The number of carbonyl (C=O) groups excluding carboxylic acids is 2. The first kappa shape index (κ1) is 15.4. The molecule has 1 saturated carbocycles. The monoisotopic (exact) mass is 294 g/mol. The molecule has 0 bridgehead atoms. The lowest BCUT2D eigenvalue weighted by atomic mass is 10.1. The van der Waals surface area contributed by atoms with Crippen molar-refractivity contribution >= 4 is 11.8 Å². The number of carbonyl (C=O) groups is 2. The number of hydrogen-bond donors (Lipinski definition) is 3. The molecule has 3 N–H and O–H groups in total. The van der Waals surface area contributed by atoms with Gasteiger partial charge in [-0.2, -0.15) is 0 Å². The first-order valence-corrected chi connectivity index (χ1v) is 7.05. The van der Waals surface area contributed by atoms with Crippen molar-refractivity contribution in [3.05, 3.63) is 35.6 Å². The number of benzene rings is 1. The van der Waals surface area contributed by atoms with Gasteiger partial charge in [0.25, 0.3) is 0 Å². The molecule has 1 atom stereocenters. The highest BCUT2D eigenvalue weighted by Gasteiger charge is 2.29. The molecule has 2 amide bonds. The third-order valence-electron chi connectivity index (χ3n) is 3.46.